The molecule has 1 aromatic rings. The van der Waals surface area contributed by atoms with Crippen molar-refractivity contribution in [3.63, 3.8) is 0 Å². The molecular formula is C11H12FNO3. The van der Waals surface area contributed by atoms with Gasteiger partial charge in [-0.1, -0.05) is 13.8 Å². The molecule has 0 unspecified atom stereocenters. The number of carbonyl (C=O) groups is 1. The van der Waals surface area contributed by atoms with Crippen molar-refractivity contribution in [2.45, 2.75) is 20.3 Å². The summed E-state index contributed by atoms with van der Waals surface area (Å²) in [7, 11) is 0. The smallest absolute Gasteiger partial charge is 0.283 e. The molecule has 0 fully saturated rings. The molecule has 0 saturated heterocycles. The van der Waals surface area contributed by atoms with Crippen molar-refractivity contribution in [3.8, 4) is 0 Å². The summed E-state index contributed by atoms with van der Waals surface area (Å²) in [5.41, 5.74) is -0.495. The molecule has 4 nitrogen and oxygen atoms in total. The lowest BCUT2D eigenvalue weighted by atomic mass is 10.00. The van der Waals surface area contributed by atoms with Crippen molar-refractivity contribution < 1.29 is 14.1 Å². The Bertz CT molecular complexity index is 429. The maximum atomic E-state index is 12.8. The third kappa shape index (κ3) is 2.85. The van der Waals surface area contributed by atoms with E-state index in [0.29, 0.717) is 0 Å². The Morgan fingerprint density at radius 3 is 2.62 bits per heavy atom. The van der Waals surface area contributed by atoms with Crippen LogP contribution in [0.15, 0.2) is 18.2 Å². The molecule has 0 spiro atoms. The molecule has 1 aromatic carbocycles. The monoisotopic (exact) mass is 225 g/mol. The molecule has 1 rings (SSSR count). The second-order valence-corrected chi connectivity index (χ2v) is 3.94. The van der Waals surface area contributed by atoms with Crippen molar-refractivity contribution in [1.82, 2.24) is 0 Å². The van der Waals surface area contributed by atoms with Gasteiger partial charge in [-0.2, -0.15) is 0 Å². The number of nitro groups is 1. The van der Waals surface area contributed by atoms with Gasteiger partial charge in [-0.15, -0.1) is 0 Å². The summed E-state index contributed by atoms with van der Waals surface area (Å²) < 4.78 is 12.8. The number of hydrogen-bond acceptors (Lipinski definition) is 3. The van der Waals surface area contributed by atoms with E-state index in [0.717, 1.165) is 18.2 Å². The predicted octanol–water partition coefficient (Wildman–Crippen LogP) is 2.96. The van der Waals surface area contributed by atoms with E-state index in [-0.39, 0.29) is 23.7 Å². The lowest BCUT2D eigenvalue weighted by molar-refractivity contribution is -0.385. The van der Waals surface area contributed by atoms with E-state index < -0.39 is 16.4 Å². The quantitative estimate of drug-likeness (QED) is 0.449. The number of nitro benzene ring substituents is 1. The number of carbonyl (C=O) groups excluding carboxylic acids is 1. The van der Waals surface area contributed by atoms with E-state index in [1.165, 1.54) is 0 Å². The Hall–Kier alpha value is -1.78. The highest BCUT2D eigenvalue weighted by Crippen LogP contribution is 2.22. The zero-order valence-electron chi connectivity index (χ0n) is 9.07. The Morgan fingerprint density at radius 2 is 2.12 bits per heavy atom. The van der Waals surface area contributed by atoms with Gasteiger partial charge in [0.15, 0.2) is 5.78 Å². The molecule has 0 aliphatic rings. The van der Waals surface area contributed by atoms with Gasteiger partial charge in [-0.25, -0.2) is 4.39 Å². The molecule has 0 bridgehead atoms. The van der Waals surface area contributed by atoms with Crippen molar-refractivity contribution in [3.05, 3.63) is 39.7 Å². The average Bonchev–Trinajstić information content (AvgIpc) is 2.16. The molecule has 0 radical (unpaired) electrons. The van der Waals surface area contributed by atoms with E-state index in [1.54, 1.807) is 0 Å². The highest BCUT2D eigenvalue weighted by Gasteiger charge is 2.21. The zero-order valence-corrected chi connectivity index (χ0v) is 9.07. The third-order valence-electron chi connectivity index (χ3n) is 2.05. The first-order valence-corrected chi connectivity index (χ1v) is 4.89. The van der Waals surface area contributed by atoms with Crippen LogP contribution in [-0.4, -0.2) is 10.7 Å². The van der Waals surface area contributed by atoms with Gasteiger partial charge in [-0.05, 0) is 18.1 Å². The molecular weight excluding hydrogens is 213 g/mol. The number of benzene rings is 1. The topological polar surface area (TPSA) is 60.2 Å². The summed E-state index contributed by atoms with van der Waals surface area (Å²) in [6.07, 6.45) is 0.215. The van der Waals surface area contributed by atoms with Gasteiger partial charge in [0.05, 0.1) is 16.6 Å². The van der Waals surface area contributed by atoms with Crippen LogP contribution in [0.25, 0.3) is 0 Å². The van der Waals surface area contributed by atoms with E-state index >= 15 is 0 Å². The largest absolute Gasteiger partial charge is 0.294 e. The molecule has 86 valence electrons. The van der Waals surface area contributed by atoms with Gasteiger partial charge in [-0.3, -0.25) is 14.9 Å². The predicted molar refractivity (Wildman–Crippen MR) is 56.8 cm³/mol. The van der Waals surface area contributed by atoms with Gasteiger partial charge >= 0.3 is 0 Å². The minimum absolute atomic E-state index is 0.0277. The van der Waals surface area contributed by atoms with Crippen molar-refractivity contribution in [2.24, 2.45) is 5.92 Å². The van der Waals surface area contributed by atoms with E-state index in [1.807, 2.05) is 13.8 Å². The second-order valence-electron chi connectivity index (χ2n) is 3.94. The summed E-state index contributed by atoms with van der Waals surface area (Å²) in [6.45, 7) is 3.68. The lowest BCUT2D eigenvalue weighted by Crippen LogP contribution is -2.07. The van der Waals surface area contributed by atoms with Gasteiger partial charge in [0, 0.05) is 6.42 Å². The van der Waals surface area contributed by atoms with Crippen LogP contribution in [0.1, 0.15) is 30.6 Å². The van der Waals surface area contributed by atoms with Crippen LogP contribution in [-0.2, 0) is 0 Å². The Kier molecular flexibility index (Phi) is 3.71. The third-order valence-corrected chi connectivity index (χ3v) is 2.05. The Morgan fingerprint density at radius 1 is 1.50 bits per heavy atom. The minimum Gasteiger partial charge on any atom is -0.294 e. The fourth-order valence-electron chi connectivity index (χ4n) is 1.37. The van der Waals surface area contributed by atoms with Crippen LogP contribution in [0, 0.1) is 21.8 Å². The lowest BCUT2D eigenvalue weighted by Gasteiger charge is -2.04. The average molecular weight is 225 g/mol. The highest BCUT2D eigenvalue weighted by molar-refractivity contribution is 5.99. The molecule has 0 amide bonds. The summed E-state index contributed by atoms with van der Waals surface area (Å²) in [5.74, 6) is -0.938. The Labute approximate surface area is 92.2 Å². The van der Waals surface area contributed by atoms with Crippen LogP contribution in [0.2, 0.25) is 0 Å². The molecule has 0 aromatic heterocycles. The van der Waals surface area contributed by atoms with Gasteiger partial charge in [0.25, 0.3) is 5.69 Å². The van der Waals surface area contributed by atoms with Gasteiger partial charge in [0.1, 0.15) is 5.82 Å². The van der Waals surface area contributed by atoms with Gasteiger partial charge < -0.3 is 0 Å². The second kappa shape index (κ2) is 4.83. The van der Waals surface area contributed by atoms with Crippen LogP contribution in [0.5, 0.6) is 0 Å². The van der Waals surface area contributed by atoms with E-state index in [9.17, 15) is 19.3 Å². The summed E-state index contributed by atoms with van der Waals surface area (Å²) in [6, 6.07) is 2.99. The Balaban J connectivity index is 3.12. The SMILES string of the molecule is CC(C)CC(=O)c1ccc(F)cc1[N+](=O)[O-]. The molecule has 0 aliphatic heterocycles. The maximum absolute atomic E-state index is 12.8. The molecule has 0 aliphatic carbocycles. The number of halogens is 1. The summed E-state index contributed by atoms with van der Waals surface area (Å²) in [5, 5.41) is 10.7. The first kappa shape index (κ1) is 12.3. The zero-order chi connectivity index (χ0) is 12.3. The molecule has 0 N–H and O–H groups in total. The van der Waals surface area contributed by atoms with Crippen molar-refractivity contribution >= 4 is 11.5 Å². The molecule has 0 atom stereocenters. The fourth-order valence-corrected chi connectivity index (χ4v) is 1.37. The molecule has 5 heteroatoms. The minimum atomic E-state index is -0.739. The molecule has 0 heterocycles. The molecule has 16 heavy (non-hydrogen) atoms. The fraction of sp³-hybridized carbons (Fsp3) is 0.364. The van der Waals surface area contributed by atoms with Gasteiger partial charge in [0.2, 0.25) is 0 Å². The standard InChI is InChI=1S/C11H12FNO3/c1-7(2)5-11(14)9-4-3-8(12)6-10(9)13(15)16/h3-4,6-7H,5H2,1-2H3. The first-order valence-electron chi connectivity index (χ1n) is 4.89. The van der Waals surface area contributed by atoms with Crippen molar-refractivity contribution in [1.29, 1.82) is 0 Å². The number of hydrogen-bond donors (Lipinski definition) is 0. The number of nitrogens with zero attached hydrogens (tertiary/aromatic N) is 1. The number of rotatable bonds is 4. The first-order chi connectivity index (χ1) is 7.41. The normalized spacial score (nSPS) is 10.5. The van der Waals surface area contributed by atoms with E-state index in [2.05, 4.69) is 0 Å². The summed E-state index contributed by atoms with van der Waals surface area (Å²) in [4.78, 5) is 21.6. The summed E-state index contributed by atoms with van der Waals surface area (Å²) >= 11 is 0. The van der Waals surface area contributed by atoms with Crippen LogP contribution in [0.4, 0.5) is 10.1 Å². The molecule has 0 saturated carbocycles. The number of ketones is 1. The van der Waals surface area contributed by atoms with Crippen molar-refractivity contribution in [2.75, 3.05) is 0 Å². The van der Waals surface area contributed by atoms with Crippen LogP contribution >= 0.6 is 0 Å². The van der Waals surface area contributed by atoms with Crippen LogP contribution in [0.3, 0.4) is 0 Å². The highest BCUT2D eigenvalue weighted by atomic mass is 19.1. The number of Topliss-reactive ketones (excluding diaryl/α,β-unsaturated/α-hetero) is 1. The van der Waals surface area contributed by atoms with E-state index in [4.69, 9.17) is 0 Å². The maximum Gasteiger partial charge on any atom is 0.283 e. The van der Waals surface area contributed by atoms with Crippen LogP contribution < -0.4 is 0 Å².